The highest BCUT2D eigenvalue weighted by Gasteiger charge is 2.14. The van der Waals surface area contributed by atoms with Gasteiger partial charge in [-0.3, -0.25) is 5.43 Å². The number of rotatable bonds is 6. The van der Waals surface area contributed by atoms with Gasteiger partial charge >= 0.3 is 0 Å². The minimum absolute atomic E-state index is 0.282. The van der Waals surface area contributed by atoms with Crippen LogP contribution in [-0.2, 0) is 0 Å². The van der Waals surface area contributed by atoms with Crippen molar-refractivity contribution < 1.29 is 0 Å². The van der Waals surface area contributed by atoms with Crippen molar-refractivity contribution in [2.24, 2.45) is 5.84 Å². The normalized spacial score (nSPS) is 12.2. The third-order valence-corrected chi connectivity index (χ3v) is 3.86. The van der Waals surface area contributed by atoms with E-state index in [0.29, 0.717) is 5.95 Å². The molecule has 19 heavy (non-hydrogen) atoms. The van der Waals surface area contributed by atoms with Crippen molar-refractivity contribution in [3.63, 3.8) is 0 Å². The van der Waals surface area contributed by atoms with Crippen LogP contribution in [0.25, 0.3) is 0 Å². The lowest BCUT2D eigenvalue weighted by Gasteiger charge is -2.19. The topological polar surface area (TPSA) is 75.9 Å². The number of hydrogen-bond acceptors (Lipinski definition) is 6. The van der Waals surface area contributed by atoms with Crippen LogP contribution in [-0.4, -0.2) is 9.97 Å². The molecule has 0 saturated heterocycles. The lowest BCUT2D eigenvalue weighted by atomic mass is 10.1. The molecule has 0 aliphatic carbocycles. The van der Waals surface area contributed by atoms with E-state index < -0.39 is 0 Å². The molecule has 0 saturated carbocycles. The van der Waals surface area contributed by atoms with Gasteiger partial charge in [0.1, 0.15) is 5.82 Å². The minimum Gasteiger partial charge on any atom is -0.362 e. The Morgan fingerprint density at radius 1 is 1.47 bits per heavy atom. The summed E-state index contributed by atoms with van der Waals surface area (Å²) in [6.07, 6.45) is 3.94. The monoisotopic (exact) mass is 277 g/mol. The molecule has 102 valence electrons. The smallest absolute Gasteiger partial charge is 0.239 e. The zero-order chi connectivity index (χ0) is 13.7. The van der Waals surface area contributed by atoms with E-state index in [2.05, 4.69) is 45.1 Å². The molecule has 0 amide bonds. The highest BCUT2D eigenvalue weighted by molar-refractivity contribution is 7.10. The average molecular weight is 277 g/mol. The first-order chi connectivity index (χ1) is 9.24. The van der Waals surface area contributed by atoms with E-state index >= 15 is 0 Å². The lowest BCUT2D eigenvalue weighted by Crippen LogP contribution is -2.15. The summed E-state index contributed by atoms with van der Waals surface area (Å²) in [5, 5.41) is 5.59. The first-order valence-electron chi connectivity index (χ1n) is 6.34. The van der Waals surface area contributed by atoms with E-state index in [1.165, 1.54) is 4.88 Å². The zero-order valence-corrected chi connectivity index (χ0v) is 12.0. The van der Waals surface area contributed by atoms with Gasteiger partial charge in [-0.15, -0.1) is 11.3 Å². The van der Waals surface area contributed by atoms with Crippen LogP contribution in [0.5, 0.6) is 0 Å². The predicted octanol–water partition coefficient (Wildman–Crippen LogP) is 3.09. The Bertz CT molecular complexity index is 512. The van der Waals surface area contributed by atoms with E-state index in [1.54, 1.807) is 17.5 Å². The number of nitrogen functional groups attached to an aromatic ring is 1. The maximum absolute atomic E-state index is 5.35. The van der Waals surface area contributed by atoms with Gasteiger partial charge in [0, 0.05) is 16.6 Å². The van der Waals surface area contributed by atoms with Gasteiger partial charge < -0.3 is 5.32 Å². The number of thiophene rings is 1. The number of aryl methyl sites for hydroxylation is 1. The quantitative estimate of drug-likeness (QED) is 0.559. The molecule has 6 heteroatoms. The van der Waals surface area contributed by atoms with Crippen LogP contribution in [0.4, 0.5) is 11.8 Å². The Kier molecular flexibility index (Phi) is 4.70. The summed E-state index contributed by atoms with van der Waals surface area (Å²) in [5.74, 6) is 6.61. The Morgan fingerprint density at radius 3 is 2.95 bits per heavy atom. The predicted molar refractivity (Wildman–Crippen MR) is 80.2 cm³/mol. The minimum atomic E-state index is 0.282. The fourth-order valence-corrected chi connectivity index (χ4v) is 2.70. The number of anilines is 2. The van der Waals surface area contributed by atoms with Gasteiger partial charge in [-0.25, -0.2) is 10.8 Å². The Labute approximate surface area is 117 Å². The molecule has 0 aliphatic rings. The van der Waals surface area contributed by atoms with Crippen molar-refractivity contribution in [3.05, 3.63) is 34.2 Å². The number of hydrogen-bond donors (Lipinski definition) is 3. The molecule has 0 fully saturated rings. The van der Waals surface area contributed by atoms with Gasteiger partial charge in [-0.1, -0.05) is 19.4 Å². The van der Waals surface area contributed by atoms with Crippen LogP contribution in [0.1, 0.15) is 36.2 Å². The van der Waals surface area contributed by atoms with Gasteiger partial charge in [0.2, 0.25) is 5.95 Å². The Morgan fingerprint density at radius 2 is 2.32 bits per heavy atom. The summed E-state index contributed by atoms with van der Waals surface area (Å²) in [7, 11) is 0. The maximum atomic E-state index is 5.35. The molecule has 2 heterocycles. The molecule has 0 aromatic carbocycles. The second-order valence-electron chi connectivity index (χ2n) is 4.37. The molecule has 0 aliphatic heterocycles. The van der Waals surface area contributed by atoms with Crippen LogP contribution in [0.15, 0.2) is 23.7 Å². The summed E-state index contributed by atoms with van der Waals surface area (Å²) >= 11 is 1.76. The summed E-state index contributed by atoms with van der Waals surface area (Å²) in [4.78, 5) is 9.78. The highest BCUT2D eigenvalue weighted by Crippen LogP contribution is 2.28. The van der Waals surface area contributed by atoms with E-state index in [1.807, 2.05) is 6.92 Å². The molecule has 0 bridgehead atoms. The molecular formula is C13H19N5S. The summed E-state index contributed by atoms with van der Waals surface area (Å²) < 4.78 is 0. The van der Waals surface area contributed by atoms with Crippen molar-refractivity contribution in [3.8, 4) is 0 Å². The fraction of sp³-hybridized carbons (Fsp3) is 0.385. The third kappa shape index (κ3) is 3.42. The van der Waals surface area contributed by atoms with Crippen LogP contribution < -0.4 is 16.6 Å². The van der Waals surface area contributed by atoms with Gasteiger partial charge in [0.15, 0.2) is 0 Å². The summed E-state index contributed by atoms with van der Waals surface area (Å²) in [5.41, 5.74) is 3.49. The molecule has 2 aromatic heterocycles. The number of nitrogens with zero attached hydrogens (tertiary/aromatic N) is 2. The largest absolute Gasteiger partial charge is 0.362 e. The Balaban J connectivity index is 2.21. The molecule has 5 nitrogen and oxygen atoms in total. The average Bonchev–Trinajstić information content (AvgIpc) is 2.94. The third-order valence-electron chi connectivity index (χ3n) is 2.88. The molecular weight excluding hydrogens is 258 g/mol. The second-order valence-corrected chi connectivity index (χ2v) is 5.35. The number of nitrogens with one attached hydrogen (secondary N) is 2. The van der Waals surface area contributed by atoms with Crippen molar-refractivity contribution in [1.29, 1.82) is 0 Å². The van der Waals surface area contributed by atoms with Crippen molar-refractivity contribution in [1.82, 2.24) is 9.97 Å². The van der Waals surface area contributed by atoms with E-state index in [9.17, 15) is 0 Å². The highest BCUT2D eigenvalue weighted by atomic mass is 32.1. The van der Waals surface area contributed by atoms with Crippen LogP contribution >= 0.6 is 11.3 Å². The molecule has 2 rings (SSSR count). The Hall–Kier alpha value is -1.66. The molecule has 2 aromatic rings. The first-order valence-corrected chi connectivity index (χ1v) is 7.22. The van der Waals surface area contributed by atoms with E-state index in [0.717, 1.165) is 24.2 Å². The van der Waals surface area contributed by atoms with E-state index in [4.69, 9.17) is 5.84 Å². The van der Waals surface area contributed by atoms with Gasteiger partial charge in [0.05, 0.1) is 6.04 Å². The van der Waals surface area contributed by atoms with Crippen LogP contribution in [0, 0.1) is 6.92 Å². The van der Waals surface area contributed by atoms with E-state index in [-0.39, 0.29) is 6.04 Å². The molecule has 0 radical (unpaired) electrons. The first kappa shape index (κ1) is 13.8. The SMILES string of the molecule is CCCC(Nc1nc(NN)ncc1C)c1cccs1. The van der Waals surface area contributed by atoms with Gasteiger partial charge in [-0.05, 0) is 24.8 Å². The summed E-state index contributed by atoms with van der Waals surface area (Å²) in [6, 6.07) is 4.50. The van der Waals surface area contributed by atoms with Crippen LogP contribution in [0.2, 0.25) is 0 Å². The van der Waals surface area contributed by atoms with Crippen molar-refractivity contribution >= 4 is 23.1 Å². The molecule has 0 spiro atoms. The lowest BCUT2D eigenvalue weighted by molar-refractivity contribution is 0.683. The summed E-state index contributed by atoms with van der Waals surface area (Å²) in [6.45, 7) is 4.17. The van der Waals surface area contributed by atoms with Crippen LogP contribution in [0.3, 0.4) is 0 Å². The van der Waals surface area contributed by atoms with Gasteiger partial charge in [0.25, 0.3) is 0 Å². The molecule has 1 unspecified atom stereocenters. The molecule has 4 N–H and O–H groups in total. The number of hydrazine groups is 1. The standard InChI is InChI=1S/C13H19N5S/c1-3-5-10(11-6-4-7-19-11)16-12-9(2)8-15-13(17-12)18-14/h4,6-8,10H,3,5,14H2,1-2H3,(H2,15,16,17,18). The van der Waals surface area contributed by atoms with Crippen molar-refractivity contribution in [2.45, 2.75) is 32.7 Å². The second kappa shape index (κ2) is 6.49. The zero-order valence-electron chi connectivity index (χ0n) is 11.2. The number of aromatic nitrogens is 2. The maximum Gasteiger partial charge on any atom is 0.239 e. The van der Waals surface area contributed by atoms with Gasteiger partial charge in [-0.2, -0.15) is 4.98 Å². The van der Waals surface area contributed by atoms with Crippen molar-refractivity contribution in [2.75, 3.05) is 10.7 Å². The number of nitrogens with two attached hydrogens (primary N) is 1. The molecule has 1 atom stereocenters. The fourth-order valence-electron chi connectivity index (χ4n) is 1.89.